The second-order valence-electron chi connectivity index (χ2n) is 4.07. The van der Waals surface area contributed by atoms with Crippen molar-refractivity contribution >= 4 is 22.4 Å². The van der Waals surface area contributed by atoms with Crippen LogP contribution in [0.4, 0.5) is 5.13 Å². The van der Waals surface area contributed by atoms with E-state index in [0.29, 0.717) is 18.7 Å². The van der Waals surface area contributed by atoms with Crippen molar-refractivity contribution in [1.29, 1.82) is 5.26 Å². The average molecular weight is 267 g/mol. The van der Waals surface area contributed by atoms with E-state index < -0.39 is 0 Å². The fourth-order valence-electron chi connectivity index (χ4n) is 1.47. The lowest BCUT2D eigenvalue weighted by atomic mass is 10.3. The third kappa shape index (κ3) is 4.00. The molecule has 0 aromatic carbocycles. The zero-order valence-electron chi connectivity index (χ0n) is 10.8. The third-order valence-electron chi connectivity index (χ3n) is 2.43. The number of carbonyl (C=O) groups is 1. The molecule has 0 saturated carbocycles. The van der Waals surface area contributed by atoms with Gasteiger partial charge in [-0.05, 0) is 13.8 Å². The summed E-state index contributed by atoms with van der Waals surface area (Å²) < 4.78 is 4.61. The molecule has 0 unspecified atom stereocenters. The Bertz CT molecular complexity index is 437. The van der Waals surface area contributed by atoms with Crippen molar-refractivity contribution in [1.82, 2.24) is 4.98 Å². The van der Waals surface area contributed by atoms with E-state index >= 15 is 0 Å². The van der Waals surface area contributed by atoms with Crippen molar-refractivity contribution in [3.05, 3.63) is 11.1 Å². The van der Waals surface area contributed by atoms with Gasteiger partial charge >= 0.3 is 5.97 Å². The molecule has 1 aromatic heterocycles. The van der Waals surface area contributed by atoms with Gasteiger partial charge in [-0.1, -0.05) is 0 Å². The molecule has 6 heteroatoms. The third-order valence-corrected chi connectivity index (χ3v) is 3.35. The van der Waals surface area contributed by atoms with Crippen LogP contribution in [0.1, 0.15) is 26.0 Å². The zero-order valence-corrected chi connectivity index (χ0v) is 11.7. The molecular formula is C12H17N3O2S. The van der Waals surface area contributed by atoms with E-state index in [0.717, 1.165) is 5.13 Å². The number of methoxy groups -OCH3 is 1. The van der Waals surface area contributed by atoms with Crippen LogP contribution in [0, 0.1) is 11.3 Å². The highest BCUT2D eigenvalue weighted by atomic mass is 32.1. The highest BCUT2D eigenvalue weighted by Gasteiger charge is 2.15. The van der Waals surface area contributed by atoms with Gasteiger partial charge in [0, 0.05) is 18.0 Å². The number of rotatable bonds is 6. The Balaban J connectivity index is 2.75. The van der Waals surface area contributed by atoms with Crippen LogP contribution in [0.3, 0.4) is 0 Å². The maximum Gasteiger partial charge on any atom is 0.311 e. The van der Waals surface area contributed by atoms with Crippen molar-refractivity contribution in [2.75, 3.05) is 18.6 Å². The molecule has 0 aliphatic rings. The second kappa shape index (κ2) is 6.97. The van der Waals surface area contributed by atoms with Crippen molar-refractivity contribution in [2.45, 2.75) is 32.7 Å². The molecule has 98 valence electrons. The molecule has 0 saturated heterocycles. The van der Waals surface area contributed by atoms with Crippen molar-refractivity contribution in [3.8, 4) is 6.07 Å². The number of anilines is 1. The normalized spacial score (nSPS) is 10.2. The predicted molar refractivity (Wildman–Crippen MR) is 70.5 cm³/mol. The van der Waals surface area contributed by atoms with E-state index in [4.69, 9.17) is 5.26 Å². The van der Waals surface area contributed by atoms with Crippen LogP contribution >= 0.6 is 11.3 Å². The summed E-state index contributed by atoms with van der Waals surface area (Å²) in [6.07, 6.45) is 0.654. The smallest absolute Gasteiger partial charge is 0.311 e. The standard InChI is InChI=1S/C12H17N3O2S/c1-9(2)15(6-4-5-13)12-14-10(8-18-12)7-11(16)17-3/h8-9H,4,6-7H2,1-3H3. The van der Waals surface area contributed by atoms with E-state index in [1.807, 2.05) is 5.38 Å². The molecule has 0 fully saturated rings. The number of nitriles is 1. The van der Waals surface area contributed by atoms with Gasteiger partial charge in [-0.3, -0.25) is 4.79 Å². The summed E-state index contributed by atoms with van der Waals surface area (Å²) in [5, 5.41) is 11.3. The molecule has 1 heterocycles. The largest absolute Gasteiger partial charge is 0.469 e. The maximum atomic E-state index is 11.2. The molecule has 0 amide bonds. The van der Waals surface area contributed by atoms with E-state index in [-0.39, 0.29) is 18.4 Å². The molecule has 1 aromatic rings. The van der Waals surface area contributed by atoms with E-state index in [1.165, 1.54) is 18.4 Å². The van der Waals surface area contributed by atoms with Crippen molar-refractivity contribution in [2.24, 2.45) is 0 Å². The summed E-state index contributed by atoms with van der Waals surface area (Å²) in [6.45, 7) is 4.76. The number of aromatic nitrogens is 1. The van der Waals surface area contributed by atoms with Crippen molar-refractivity contribution in [3.63, 3.8) is 0 Å². The second-order valence-corrected chi connectivity index (χ2v) is 4.91. The monoisotopic (exact) mass is 267 g/mol. The quantitative estimate of drug-likeness (QED) is 0.737. The fraction of sp³-hybridized carbons (Fsp3) is 0.583. The van der Waals surface area contributed by atoms with Gasteiger partial charge in [-0.25, -0.2) is 4.98 Å². The summed E-state index contributed by atoms with van der Waals surface area (Å²) in [5.74, 6) is -0.292. The van der Waals surface area contributed by atoms with Gasteiger partial charge in [0.05, 0.1) is 31.7 Å². The van der Waals surface area contributed by atoms with Gasteiger partial charge in [0.15, 0.2) is 5.13 Å². The Morgan fingerprint density at radius 3 is 2.94 bits per heavy atom. The Hall–Kier alpha value is -1.61. The van der Waals surface area contributed by atoms with Crippen LogP contribution in [0.25, 0.3) is 0 Å². The van der Waals surface area contributed by atoms with Crippen molar-refractivity contribution < 1.29 is 9.53 Å². The molecule has 0 spiro atoms. The summed E-state index contributed by atoms with van der Waals surface area (Å²) in [6, 6.07) is 2.41. The lowest BCUT2D eigenvalue weighted by Crippen LogP contribution is -2.31. The Labute approximate surface area is 111 Å². The van der Waals surface area contributed by atoms with Crippen LogP contribution in [0.2, 0.25) is 0 Å². The van der Waals surface area contributed by atoms with E-state index in [9.17, 15) is 4.79 Å². The minimum Gasteiger partial charge on any atom is -0.469 e. The highest BCUT2D eigenvalue weighted by Crippen LogP contribution is 2.23. The number of thiazole rings is 1. The molecule has 0 radical (unpaired) electrons. The van der Waals surface area contributed by atoms with Gasteiger partial charge in [-0.15, -0.1) is 11.3 Å². The van der Waals surface area contributed by atoms with Gasteiger partial charge in [0.2, 0.25) is 0 Å². The van der Waals surface area contributed by atoms with Gasteiger partial charge in [0.25, 0.3) is 0 Å². The molecule has 1 rings (SSSR count). The number of hydrogen-bond donors (Lipinski definition) is 0. The highest BCUT2D eigenvalue weighted by molar-refractivity contribution is 7.13. The Morgan fingerprint density at radius 2 is 2.39 bits per heavy atom. The molecule has 0 aliphatic carbocycles. The number of esters is 1. The van der Waals surface area contributed by atoms with Crippen LogP contribution in [-0.4, -0.2) is 30.6 Å². The number of hydrogen-bond acceptors (Lipinski definition) is 6. The summed E-state index contributed by atoms with van der Waals surface area (Å²) in [5.41, 5.74) is 0.712. The van der Waals surface area contributed by atoms with Gasteiger partial charge in [-0.2, -0.15) is 5.26 Å². The fourth-order valence-corrected chi connectivity index (χ4v) is 2.46. The van der Waals surface area contributed by atoms with Gasteiger partial charge in [0.1, 0.15) is 0 Å². The Kier molecular flexibility index (Phi) is 5.59. The molecule has 5 nitrogen and oxygen atoms in total. The van der Waals surface area contributed by atoms with Crippen LogP contribution < -0.4 is 4.90 Å². The predicted octanol–water partition coefficient (Wildman–Crippen LogP) is 1.99. The zero-order chi connectivity index (χ0) is 13.5. The van der Waals surface area contributed by atoms with Crippen LogP contribution in [-0.2, 0) is 16.0 Å². The number of nitrogens with zero attached hydrogens (tertiary/aromatic N) is 3. The lowest BCUT2D eigenvalue weighted by Gasteiger charge is -2.24. The molecular weight excluding hydrogens is 250 g/mol. The molecule has 0 atom stereocenters. The lowest BCUT2D eigenvalue weighted by molar-refractivity contribution is -0.139. The van der Waals surface area contributed by atoms with Crippen LogP contribution in [0.5, 0.6) is 0 Å². The first-order valence-electron chi connectivity index (χ1n) is 5.73. The Morgan fingerprint density at radius 1 is 1.67 bits per heavy atom. The molecule has 0 N–H and O–H groups in total. The maximum absolute atomic E-state index is 11.2. The summed E-state index contributed by atoms with van der Waals surface area (Å²) in [7, 11) is 1.36. The van der Waals surface area contributed by atoms with Crippen LogP contribution in [0.15, 0.2) is 5.38 Å². The first-order chi connectivity index (χ1) is 8.58. The summed E-state index contributed by atoms with van der Waals surface area (Å²) in [4.78, 5) is 17.6. The molecule has 0 aliphatic heterocycles. The minimum absolute atomic E-state index is 0.192. The topological polar surface area (TPSA) is 66.2 Å². The first kappa shape index (κ1) is 14.5. The minimum atomic E-state index is -0.292. The molecule has 0 bridgehead atoms. The van der Waals surface area contributed by atoms with E-state index in [2.05, 4.69) is 34.5 Å². The average Bonchev–Trinajstić information content (AvgIpc) is 2.77. The summed E-state index contributed by atoms with van der Waals surface area (Å²) >= 11 is 1.49. The number of carbonyl (C=O) groups excluding carboxylic acids is 1. The van der Waals surface area contributed by atoms with E-state index in [1.54, 1.807) is 0 Å². The van der Waals surface area contributed by atoms with Gasteiger partial charge < -0.3 is 9.64 Å². The SMILES string of the molecule is COC(=O)Cc1csc(N(CCC#N)C(C)C)n1. The molecule has 18 heavy (non-hydrogen) atoms. The first-order valence-corrected chi connectivity index (χ1v) is 6.61. The number of ether oxygens (including phenoxy) is 1.